The fourth-order valence-electron chi connectivity index (χ4n) is 3.22. The predicted molar refractivity (Wildman–Crippen MR) is 90.2 cm³/mol. The molecule has 0 fully saturated rings. The Kier molecular flexibility index (Phi) is 4.74. The summed E-state index contributed by atoms with van der Waals surface area (Å²) in [5.74, 6) is 1.87. The molecule has 1 amide bonds. The quantitative estimate of drug-likeness (QED) is 0.882. The Morgan fingerprint density at radius 1 is 1.42 bits per heavy atom. The third-order valence-corrected chi connectivity index (χ3v) is 4.31. The molecule has 6 nitrogen and oxygen atoms in total. The minimum atomic E-state index is -0.878. The number of fused-ring (bicyclic) bond motifs is 1. The molecule has 0 aliphatic carbocycles. The van der Waals surface area contributed by atoms with Gasteiger partial charge in [-0.15, -0.1) is 0 Å². The number of imidazole rings is 1. The highest BCUT2D eigenvalue weighted by Gasteiger charge is 2.35. The molecule has 2 N–H and O–H groups in total. The zero-order valence-corrected chi connectivity index (χ0v) is 14.0. The Bertz CT molecular complexity index is 697. The van der Waals surface area contributed by atoms with Crippen molar-refractivity contribution < 1.29 is 14.6 Å². The first-order valence-corrected chi connectivity index (χ1v) is 8.31. The van der Waals surface area contributed by atoms with Gasteiger partial charge >= 0.3 is 6.09 Å². The standard InChI is InChI=1S/C18H23N3O3/c1-12(2)17-16-14(8-10-21(17)18(22)23)19-15(20-16)9-11-24-13-6-4-3-5-7-13/h3-7,12,17H,8-11H2,1-2H3,(H,19,20)(H,22,23). The van der Waals surface area contributed by atoms with E-state index in [4.69, 9.17) is 4.74 Å². The highest BCUT2D eigenvalue weighted by Crippen LogP contribution is 2.33. The van der Waals surface area contributed by atoms with Gasteiger partial charge in [0.2, 0.25) is 0 Å². The van der Waals surface area contributed by atoms with Crippen LogP contribution in [0.25, 0.3) is 0 Å². The van der Waals surface area contributed by atoms with E-state index < -0.39 is 6.09 Å². The zero-order chi connectivity index (χ0) is 17.1. The summed E-state index contributed by atoms with van der Waals surface area (Å²) in [6.07, 6.45) is 0.466. The Balaban J connectivity index is 1.70. The van der Waals surface area contributed by atoms with Crippen molar-refractivity contribution in [1.29, 1.82) is 0 Å². The minimum Gasteiger partial charge on any atom is -0.493 e. The lowest BCUT2D eigenvalue weighted by Crippen LogP contribution is -2.41. The van der Waals surface area contributed by atoms with Gasteiger partial charge in [0.25, 0.3) is 0 Å². The van der Waals surface area contributed by atoms with Crippen LogP contribution in [0.2, 0.25) is 0 Å². The lowest BCUT2D eigenvalue weighted by Gasteiger charge is -2.35. The molecular weight excluding hydrogens is 306 g/mol. The van der Waals surface area contributed by atoms with Crippen LogP contribution in [-0.2, 0) is 12.8 Å². The number of benzene rings is 1. The molecule has 1 aliphatic rings. The van der Waals surface area contributed by atoms with Gasteiger partial charge in [-0.25, -0.2) is 9.78 Å². The summed E-state index contributed by atoms with van der Waals surface area (Å²) < 4.78 is 5.71. The molecule has 3 rings (SSSR count). The van der Waals surface area contributed by atoms with Crippen molar-refractivity contribution in [1.82, 2.24) is 14.9 Å². The van der Waals surface area contributed by atoms with Crippen LogP contribution < -0.4 is 4.74 Å². The number of hydrogen-bond donors (Lipinski definition) is 2. The number of H-pyrrole nitrogens is 1. The third kappa shape index (κ3) is 3.37. The van der Waals surface area contributed by atoms with E-state index in [-0.39, 0.29) is 12.0 Å². The Morgan fingerprint density at radius 2 is 2.17 bits per heavy atom. The van der Waals surface area contributed by atoms with Crippen molar-refractivity contribution in [2.24, 2.45) is 5.92 Å². The van der Waals surface area contributed by atoms with Gasteiger partial charge in [-0.1, -0.05) is 32.0 Å². The first-order chi connectivity index (χ1) is 11.6. The molecular formula is C18H23N3O3. The van der Waals surface area contributed by atoms with Crippen molar-refractivity contribution in [2.45, 2.75) is 32.7 Å². The number of ether oxygens (including phenoxy) is 1. The number of aromatic amines is 1. The summed E-state index contributed by atoms with van der Waals surface area (Å²) >= 11 is 0. The predicted octanol–water partition coefficient (Wildman–Crippen LogP) is 3.26. The molecule has 0 saturated carbocycles. The number of nitrogens with zero attached hydrogens (tertiary/aromatic N) is 2. The average molecular weight is 329 g/mol. The smallest absolute Gasteiger partial charge is 0.407 e. The fraction of sp³-hybridized carbons (Fsp3) is 0.444. The number of aromatic nitrogens is 2. The number of rotatable bonds is 5. The lowest BCUT2D eigenvalue weighted by atomic mass is 9.94. The van der Waals surface area contributed by atoms with Crippen LogP contribution in [0.4, 0.5) is 4.79 Å². The van der Waals surface area contributed by atoms with E-state index in [2.05, 4.69) is 9.97 Å². The molecule has 0 spiro atoms. The molecule has 1 unspecified atom stereocenters. The number of carbonyl (C=O) groups is 1. The number of para-hydroxylation sites is 1. The normalized spacial score (nSPS) is 17.0. The molecule has 1 aromatic heterocycles. The van der Waals surface area contributed by atoms with E-state index in [0.29, 0.717) is 26.0 Å². The second-order valence-corrected chi connectivity index (χ2v) is 6.37. The maximum Gasteiger partial charge on any atom is 0.407 e. The lowest BCUT2D eigenvalue weighted by molar-refractivity contribution is 0.103. The third-order valence-electron chi connectivity index (χ3n) is 4.31. The second kappa shape index (κ2) is 6.95. The molecule has 0 radical (unpaired) electrons. The zero-order valence-electron chi connectivity index (χ0n) is 14.0. The number of nitrogens with one attached hydrogen (secondary N) is 1. The molecule has 1 aliphatic heterocycles. The molecule has 2 aromatic rings. The van der Waals surface area contributed by atoms with Gasteiger partial charge in [-0.2, -0.15) is 0 Å². The van der Waals surface area contributed by atoms with Crippen molar-refractivity contribution in [3.63, 3.8) is 0 Å². The highest BCUT2D eigenvalue weighted by molar-refractivity contribution is 5.66. The average Bonchev–Trinajstić information content (AvgIpc) is 2.97. The van der Waals surface area contributed by atoms with Crippen molar-refractivity contribution >= 4 is 6.09 Å². The van der Waals surface area contributed by atoms with Gasteiger partial charge in [0.1, 0.15) is 11.6 Å². The first-order valence-electron chi connectivity index (χ1n) is 8.31. The summed E-state index contributed by atoms with van der Waals surface area (Å²) in [7, 11) is 0. The second-order valence-electron chi connectivity index (χ2n) is 6.37. The van der Waals surface area contributed by atoms with Crippen LogP contribution >= 0.6 is 0 Å². The summed E-state index contributed by atoms with van der Waals surface area (Å²) in [4.78, 5) is 21.0. The largest absolute Gasteiger partial charge is 0.493 e. The van der Waals surface area contributed by atoms with Gasteiger partial charge in [0.15, 0.2) is 0 Å². The summed E-state index contributed by atoms with van der Waals surface area (Å²) in [5.41, 5.74) is 1.93. The maximum atomic E-state index is 11.5. The monoisotopic (exact) mass is 329 g/mol. The number of amides is 1. The van der Waals surface area contributed by atoms with Gasteiger partial charge in [-0.3, -0.25) is 4.90 Å². The molecule has 1 aromatic carbocycles. The van der Waals surface area contributed by atoms with Crippen molar-refractivity contribution in [3.8, 4) is 5.75 Å². The van der Waals surface area contributed by atoms with E-state index in [1.165, 1.54) is 4.90 Å². The van der Waals surface area contributed by atoms with Crippen molar-refractivity contribution in [3.05, 3.63) is 47.5 Å². The Hall–Kier alpha value is -2.50. The topological polar surface area (TPSA) is 78.5 Å². The summed E-state index contributed by atoms with van der Waals surface area (Å²) in [6, 6.07) is 9.49. The highest BCUT2D eigenvalue weighted by atomic mass is 16.5. The minimum absolute atomic E-state index is 0.178. The van der Waals surface area contributed by atoms with Crippen molar-refractivity contribution in [2.75, 3.05) is 13.2 Å². The van der Waals surface area contributed by atoms with Crippen LogP contribution in [-0.4, -0.2) is 39.2 Å². The molecule has 128 valence electrons. The van der Waals surface area contributed by atoms with E-state index in [1.54, 1.807) is 0 Å². The Morgan fingerprint density at radius 3 is 2.83 bits per heavy atom. The molecule has 0 saturated heterocycles. The van der Waals surface area contributed by atoms with Gasteiger partial charge in [0, 0.05) is 25.1 Å². The first kappa shape index (κ1) is 16.4. The number of hydrogen-bond acceptors (Lipinski definition) is 3. The summed E-state index contributed by atoms with van der Waals surface area (Å²) in [6.45, 7) is 5.10. The molecule has 1 atom stereocenters. The fourth-order valence-corrected chi connectivity index (χ4v) is 3.22. The Labute approximate surface area is 141 Å². The van der Waals surface area contributed by atoms with Gasteiger partial charge < -0.3 is 14.8 Å². The maximum absolute atomic E-state index is 11.5. The van der Waals surface area contributed by atoms with Crippen LogP contribution in [0, 0.1) is 5.92 Å². The van der Waals surface area contributed by atoms with E-state index >= 15 is 0 Å². The molecule has 2 heterocycles. The SMILES string of the molecule is CC(C)C1c2nc(CCOc3ccccc3)[nH]c2CCN1C(=O)O. The van der Waals surface area contributed by atoms with Gasteiger partial charge in [0.05, 0.1) is 18.3 Å². The van der Waals surface area contributed by atoms with Crippen LogP contribution in [0.3, 0.4) is 0 Å². The summed E-state index contributed by atoms with van der Waals surface area (Å²) in [5, 5.41) is 9.43. The van der Waals surface area contributed by atoms with Gasteiger partial charge in [-0.05, 0) is 18.1 Å². The van der Waals surface area contributed by atoms with E-state index in [9.17, 15) is 9.90 Å². The van der Waals surface area contributed by atoms with Crippen LogP contribution in [0.5, 0.6) is 5.75 Å². The van der Waals surface area contributed by atoms with Crippen LogP contribution in [0.1, 0.15) is 37.1 Å². The molecule has 6 heteroatoms. The van der Waals surface area contributed by atoms with Crippen LogP contribution in [0.15, 0.2) is 30.3 Å². The molecule has 0 bridgehead atoms. The molecule has 24 heavy (non-hydrogen) atoms. The van der Waals surface area contributed by atoms with E-state index in [1.807, 2.05) is 44.2 Å². The number of carboxylic acid groups (broad SMARTS) is 1. The van der Waals surface area contributed by atoms with E-state index in [0.717, 1.165) is 23.0 Å².